The van der Waals surface area contributed by atoms with Crippen LogP contribution in [0, 0.1) is 19.7 Å². The Morgan fingerprint density at radius 2 is 2.00 bits per heavy atom. The van der Waals surface area contributed by atoms with Gasteiger partial charge < -0.3 is 10.2 Å². The van der Waals surface area contributed by atoms with Crippen LogP contribution in [0.3, 0.4) is 0 Å². The molecule has 0 radical (unpaired) electrons. The Hall–Kier alpha value is -2.69. The van der Waals surface area contributed by atoms with Gasteiger partial charge in [0, 0.05) is 24.8 Å². The second-order valence-electron chi connectivity index (χ2n) is 6.06. The molecule has 0 aromatic heterocycles. The molecule has 0 aliphatic rings. The lowest BCUT2D eigenvalue weighted by molar-refractivity contribution is 0.101. The normalized spacial score (nSPS) is 10.9. The van der Waals surface area contributed by atoms with Crippen molar-refractivity contribution in [2.45, 2.75) is 20.8 Å². The molecular formula is C20H24FN3O. The molecule has 0 spiro atoms. The van der Waals surface area contributed by atoms with E-state index in [1.54, 1.807) is 18.5 Å². The van der Waals surface area contributed by atoms with Crippen molar-refractivity contribution in [3.8, 4) is 0 Å². The average Bonchev–Trinajstić information content (AvgIpc) is 2.59. The minimum absolute atomic E-state index is 0.0360. The molecule has 2 rings (SSSR count). The lowest BCUT2D eigenvalue weighted by Crippen LogP contribution is -2.15. The molecule has 0 unspecified atom stereocenters. The average molecular weight is 341 g/mol. The summed E-state index contributed by atoms with van der Waals surface area (Å²) >= 11 is 0. The summed E-state index contributed by atoms with van der Waals surface area (Å²) in [7, 11) is 1.96. The maximum absolute atomic E-state index is 13.2. The number of hydrogen-bond acceptors (Lipinski definition) is 3. The molecule has 0 atom stereocenters. The van der Waals surface area contributed by atoms with Crippen LogP contribution in [-0.2, 0) is 0 Å². The number of rotatable bonds is 7. The van der Waals surface area contributed by atoms with E-state index in [1.165, 1.54) is 12.1 Å². The Morgan fingerprint density at radius 3 is 2.68 bits per heavy atom. The van der Waals surface area contributed by atoms with Crippen LogP contribution in [0.5, 0.6) is 0 Å². The van der Waals surface area contributed by atoms with E-state index >= 15 is 0 Å². The zero-order chi connectivity index (χ0) is 18.4. The molecule has 1 N–H and O–H groups in total. The number of carbonyl (C=O) groups is 1. The minimum atomic E-state index is -0.330. The Labute approximate surface area is 148 Å². The second kappa shape index (κ2) is 8.42. The van der Waals surface area contributed by atoms with Crippen molar-refractivity contribution in [1.29, 1.82) is 0 Å². The van der Waals surface area contributed by atoms with Gasteiger partial charge in [0.05, 0.1) is 18.6 Å². The number of hydrogen-bond donors (Lipinski definition) is 1. The molecule has 132 valence electrons. The zero-order valence-electron chi connectivity index (χ0n) is 15.1. The van der Waals surface area contributed by atoms with Crippen molar-refractivity contribution in [2.24, 2.45) is 4.99 Å². The number of carbonyl (C=O) groups excluding carboxylic acids is 1. The van der Waals surface area contributed by atoms with Crippen LogP contribution in [0.4, 0.5) is 15.8 Å². The van der Waals surface area contributed by atoms with Crippen LogP contribution in [-0.4, -0.2) is 37.2 Å². The number of ketones is 1. The standard InChI is InChI=1S/C20H24FN3O/c1-5-24(4)13-23-19-10-14(2)18(9-15(19)3)20(25)12-22-17-8-6-7-16(21)11-17/h6-11,13,22H,5,12H2,1-4H3/b23-13+. The second-order valence-corrected chi connectivity index (χ2v) is 6.06. The molecule has 2 aromatic rings. The van der Waals surface area contributed by atoms with Gasteiger partial charge in [0.1, 0.15) is 5.82 Å². The van der Waals surface area contributed by atoms with Gasteiger partial charge in [0.2, 0.25) is 0 Å². The predicted octanol–water partition coefficient (Wildman–Crippen LogP) is 4.35. The first-order valence-electron chi connectivity index (χ1n) is 8.29. The SMILES string of the molecule is CCN(C)/C=N/c1cc(C)c(C(=O)CNc2cccc(F)c2)cc1C. The summed E-state index contributed by atoms with van der Waals surface area (Å²) in [5.41, 5.74) is 3.92. The Bertz CT molecular complexity index is 787. The molecule has 0 bridgehead atoms. The van der Waals surface area contributed by atoms with E-state index in [2.05, 4.69) is 17.2 Å². The van der Waals surface area contributed by atoms with Crippen molar-refractivity contribution in [1.82, 2.24) is 4.90 Å². The van der Waals surface area contributed by atoms with Crippen molar-refractivity contribution < 1.29 is 9.18 Å². The quantitative estimate of drug-likeness (QED) is 0.463. The molecule has 2 aromatic carbocycles. The molecule has 0 heterocycles. The summed E-state index contributed by atoms with van der Waals surface area (Å²) in [6, 6.07) is 9.87. The smallest absolute Gasteiger partial charge is 0.182 e. The highest BCUT2D eigenvalue weighted by Gasteiger charge is 2.12. The van der Waals surface area contributed by atoms with Gasteiger partial charge in [-0.15, -0.1) is 0 Å². The molecular weight excluding hydrogens is 317 g/mol. The van der Waals surface area contributed by atoms with Gasteiger partial charge >= 0.3 is 0 Å². The highest BCUT2D eigenvalue weighted by Crippen LogP contribution is 2.23. The fourth-order valence-electron chi connectivity index (χ4n) is 2.36. The third kappa shape index (κ3) is 5.14. The summed E-state index contributed by atoms with van der Waals surface area (Å²) in [5.74, 6) is -0.366. The summed E-state index contributed by atoms with van der Waals surface area (Å²) in [6.07, 6.45) is 1.79. The van der Waals surface area contributed by atoms with Gasteiger partial charge in [0.15, 0.2) is 5.78 Å². The summed E-state index contributed by atoms with van der Waals surface area (Å²) in [6.45, 7) is 6.89. The molecule has 0 amide bonds. The third-order valence-corrected chi connectivity index (χ3v) is 4.01. The summed E-state index contributed by atoms with van der Waals surface area (Å²) < 4.78 is 13.2. The largest absolute Gasteiger partial charge is 0.377 e. The van der Waals surface area contributed by atoms with Crippen molar-refractivity contribution in [3.63, 3.8) is 0 Å². The van der Waals surface area contributed by atoms with Gasteiger partial charge in [-0.05, 0) is 62.2 Å². The van der Waals surface area contributed by atoms with Gasteiger partial charge in [-0.3, -0.25) is 4.79 Å². The fourth-order valence-corrected chi connectivity index (χ4v) is 2.36. The number of benzene rings is 2. The Balaban J connectivity index is 2.12. The minimum Gasteiger partial charge on any atom is -0.377 e. The van der Waals surface area contributed by atoms with Crippen molar-refractivity contribution >= 4 is 23.5 Å². The van der Waals surface area contributed by atoms with Crippen LogP contribution < -0.4 is 5.32 Å². The highest BCUT2D eigenvalue weighted by atomic mass is 19.1. The van der Waals surface area contributed by atoms with Crippen LogP contribution in [0.15, 0.2) is 41.4 Å². The number of nitrogens with zero attached hydrogens (tertiary/aromatic N) is 2. The molecule has 0 fully saturated rings. The monoisotopic (exact) mass is 341 g/mol. The van der Waals surface area contributed by atoms with Crippen LogP contribution in [0.25, 0.3) is 0 Å². The number of halogens is 1. The molecule has 25 heavy (non-hydrogen) atoms. The van der Waals surface area contributed by atoms with E-state index in [0.717, 1.165) is 23.4 Å². The summed E-state index contributed by atoms with van der Waals surface area (Å²) in [4.78, 5) is 19.0. The number of anilines is 1. The molecule has 0 aliphatic carbocycles. The third-order valence-electron chi connectivity index (χ3n) is 4.01. The van der Waals surface area contributed by atoms with E-state index in [0.29, 0.717) is 11.3 Å². The topological polar surface area (TPSA) is 44.7 Å². The fraction of sp³-hybridized carbons (Fsp3) is 0.300. The van der Waals surface area contributed by atoms with Crippen LogP contribution in [0.1, 0.15) is 28.4 Å². The van der Waals surface area contributed by atoms with Crippen LogP contribution >= 0.6 is 0 Å². The van der Waals surface area contributed by atoms with Crippen molar-refractivity contribution in [2.75, 3.05) is 25.5 Å². The maximum atomic E-state index is 13.2. The predicted molar refractivity (Wildman–Crippen MR) is 102 cm³/mol. The molecule has 5 heteroatoms. The van der Waals surface area contributed by atoms with Crippen LogP contribution in [0.2, 0.25) is 0 Å². The molecule has 0 saturated heterocycles. The lowest BCUT2D eigenvalue weighted by Gasteiger charge is -2.12. The van der Waals surface area contributed by atoms with Gasteiger partial charge in [-0.2, -0.15) is 0 Å². The first-order chi connectivity index (χ1) is 11.9. The zero-order valence-corrected chi connectivity index (χ0v) is 15.1. The van der Waals surface area contributed by atoms with E-state index in [-0.39, 0.29) is 18.1 Å². The number of aryl methyl sites for hydroxylation is 2. The van der Waals surface area contributed by atoms with E-state index in [9.17, 15) is 9.18 Å². The molecule has 0 aliphatic heterocycles. The van der Waals surface area contributed by atoms with Gasteiger partial charge in [-0.25, -0.2) is 9.38 Å². The Kier molecular flexibility index (Phi) is 6.28. The van der Waals surface area contributed by atoms with E-state index < -0.39 is 0 Å². The summed E-state index contributed by atoms with van der Waals surface area (Å²) in [5, 5.41) is 2.97. The van der Waals surface area contributed by atoms with Crippen molar-refractivity contribution in [3.05, 3.63) is 58.9 Å². The van der Waals surface area contributed by atoms with E-state index in [1.807, 2.05) is 37.9 Å². The number of aliphatic imine (C=N–C) groups is 1. The number of nitrogens with one attached hydrogen (secondary N) is 1. The highest BCUT2D eigenvalue weighted by molar-refractivity contribution is 6.00. The lowest BCUT2D eigenvalue weighted by atomic mass is 10.0. The first-order valence-corrected chi connectivity index (χ1v) is 8.29. The Morgan fingerprint density at radius 1 is 1.24 bits per heavy atom. The first kappa shape index (κ1) is 18.6. The molecule has 4 nitrogen and oxygen atoms in total. The van der Waals surface area contributed by atoms with Gasteiger partial charge in [-0.1, -0.05) is 6.07 Å². The molecule has 0 saturated carbocycles. The maximum Gasteiger partial charge on any atom is 0.182 e. The van der Waals surface area contributed by atoms with Gasteiger partial charge in [0.25, 0.3) is 0 Å². The van der Waals surface area contributed by atoms with E-state index in [4.69, 9.17) is 0 Å². The number of Topliss-reactive ketones (excluding diaryl/α,β-unsaturated/α-hetero) is 1.